The molecule has 3 rings (SSSR count). The molecule has 5 nitrogen and oxygen atoms in total. The van der Waals surface area contributed by atoms with Crippen molar-refractivity contribution in [2.45, 2.75) is 65.0 Å². The van der Waals surface area contributed by atoms with E-state index in [4.69, 9.17) is 12.2 Å². The molecule has 0 bridgehead atoms. The second kappa shape index (κ2) is 8.65. The molecule has 144 valence electrons. The molecule has 0 aliphatic heterocycles. The van der Waals surface area contributed by atoms with Crippen molar-refractivity contribution in [1.82, 2.24) is 14.9 Å². The highest BCUT2D eigenvalue weighted by Gasteiger charge is 2.12. The van der Waals surface area contributed by atoms with Crippen LogP contribution in [0, 0.1) is 4.77 Å². The van der Waals surface area contributed by atoms with Gasteiger partial charge in [0.1, 0.15) is 0 Å². The first-order valence-electron chi connectivity index (χ1n) is 9.75. The molecule has 1 atom stereocenters. The van der Waals surface area contributed by atoms with Crippen LogP contribution in [0.15, 0.2) is 34.6 Å². The molecule has 2 aromatic rings. The third-order valence-electron chi connectivity index (χ3n) is 5.28. The van der Waals surface area contributed by atoms with Crippen molar-refractivity contribution >= 4 is 29.0 Å². The van der Waals surface area contributed by atoms with Crippen molar-refractivity contribution in [1.29, 1.82) is 0 Å². The monoisotopic (exact) mass is 385 g/mol. The first kappa shape index (κ1) is 19.5. The van der Waals surface area contributed by atoms with Gasteiger partial charge >= 0.3 is 0 Å². The van der Waals surface area contributed by atoms with Gasteiger partial charge in [0, 0.05) is 18.2 Å². The average Bonchev–Trinajstić information content (AvgIpc) is 2.68. The first-order chi connectivity index (χ1) is 13.0. The van der Waals surface area contributed by atoms with Gasteiger partial charge in [0.2, 0.25) is 0 Å². The van der Waals surface area contributed by atoms with E-state index < -0.39 is 0 Å². The lowest BCUT2D eigenvalue weighted by molar-refractivity contribution is 0.0939. The van der Waals surface area contributed by atoms with Crippen molar-refractivity contribution in [3.63, 3.8) is 0 Å². The minimum absolute atomic E-state index is 0.0981. The summed E-state index contributed by atoms with van der Waals surface area (Å²) in [6, 6.07) is 5.23. The second-order valence-corrected chi connectivity index (χ2v) is 7.67. The van der Waals surface area contributed by atoms with E-state index in [1.54, 1.807) is 22.8 Å². The minimum Gasteiger partial charge on any atom is -0.350 e. The van der Waals surface area contributed by atoms with Crippen LogP contribution < -0.4 is 10.9 Å². The Morgan fingerprint density at radius 1 is 1.37 bits per heavy atom. The molecule has 0 unspecified atom stereocenters. The van der Waals surface area contributed by atoms with E-state index in [9.17, 15) is 9.59 Å². The van der Waals surface area contributed by atoms with Crippen LogP contribution in [-0.2, 0) is 6.54 Å². The van der Waals surface area contributed by atoms with Gasteiger partial charge in [0.25, 0.3) is 11.5 Å². The number of rotatable bonds is 6. The van der Waals surface area contributed by atoms with E-state index in [0.717, 1.165) is 25.7 Å². The van der Waals surface area contributed by atoms with Gasteiger partial charge in [-0.1, -0.05) is 18.6 Å². The Bertz CT molecular complexity index is 987. The molecule has 0 spiro atoms. The maximum atomic E-state index is 12.9. The fraction of sp³-hybridized carbons (Fsp3) is 0.476. The van der Waals surface area contributed by atoms with E-state index >= 15 is 0 Å². The van der Waals surface area contributed by atoms with Gasteiger partial charge in [-0.2, -0.15) is 0 Å². The van der Waals surface area contributed by atoms with Gasteiger partial charge in [0.15, 0.2) is 4.77 Å². The largest absolute Gasteiger partial charge is 0.350 e. The summed E-state index contributed by atoms with van der Waals surface area (Å²) in [7, 11) is 0. The minimum atomic E-state index is -0.140. The third-order valence-corrected chi connectivity index (χ3v) is 5.60. The summed E-state index contributed by atoms with van der Waals surface area (Å²) in [5.74, 6) is -0.140. The van der Waals surface area contributed by atoms with Crippen LogP contribution in [0.25, 0.3) is 10.9 Å². The molecule has 0 saturated heterocycles. The number of nitrogens with one attached hydrogen (secondary N) is 2. The summed E-state index contributed by atoms with van der Waals surface area (Å²) in [5.41, 5.74) is 2.45. The molecule has 1 aromatic heterocycles. The number of carbonyl (C=O) groups is 1. The first-order valence-corrected chi connectivity index (χ1v) is 10.2. The van der Waals surface area contributed by atoms with E-state index in [2.05, 4.69) is 16.4 Å². The van der Waals surface area contributed by atoms with Gasteiger partial charge in [-0.15, -0.1) is 0 Å². The van der Waals surface area contributed by atoms with Crippen molar-refractivity contribution in [3.05, 3.63) is 50.5 Å². The number of carbonyl (C=O) groups excluding carboxylic acids is 1. The highest BCUT2D eigenvalue weighted by Crippen LogP contribution is 2.20. The number of hydrogen-bond donors (Lipinski definition) is 2. The van der Waals surface area contributed by atoms with Gasteiger partial charge < -0.3 is 10.3 Å². The topological polar surface area (TPSA) is 66.9 Å². The Balaban J connectivity index is 1.87. The summed E-state index contributed by atoms with van der Waals surface area (Å²) in [4.78, 5) is 28.3. The standard InChI is InChI=1S/C21H27N3O2S/c1-3-14(2)22-19(25)16-9-10-17-18(13-16)23-21(27)24(20(17)26)12-11-15-7-5-4-6-8-15/h7,9-10,13-14H,3-6,8,11-12H2,1-2H3,(H,22,25)(H,23,27)/t14-/m0/s1. The van der Waals surface area contributed by atoms with Crippen LogP contribution in [0.1, 0.15) is 62.7 Å². The Labute approximate surface area is 164 Å². The number of benzene rings is 1. The lowest BCUT2D eigenvalue weighted by Crippen LogP contribution is -2.32. The summed E-state index contributed by atoms with van der Waals surface area (Å²) in [6.45, 7) is 4.58. The predicted molar refractivity (Wildman–Crippen MR) is 112 cm³/mol. The lowest BCUT2D eigenvalue weighted by atomic mass is 9.97. The summed E-state index contributed by atoms with van der Waals surface area (Å²) < 4.78 is 2.04. The molecule has 1 aliphatic carbocycles. The number of hydrogen-bond acceptors (Lipinski definition) is 3. The molecule has 1 aromatic carbocycles. The Morgan fingerprint density at radius 2 is 2.19 bits per heavy atom. The molecule has 0 radical (unpaired) electrons. The van der Waals surface area contributed by atoms with E-state index in [0.29, 0.717) is 27.8 Å². The van der Waals surface area contributed by atoms with Crippen LogP contribution in [0.3, 0.4) is 0 Å². The predicted octanol–water partition coefficient (Wildman–Crippen LogP) is 4.48. The number of H-pyrrole nitrogens is 1. The molecule has 6 heteroatoms. The van der Waals surface area contributed by atoms with E-state index in [1.165, 1.54) is 18.4 Å². The van der Waals surface area contributed by atoms with Crippen molar-refractivity contribution in [2.75, 3.05) is 0 Å². The Morgan fingerprint density at radius 3 is 2.89 bits per heavy atom. The lowest BCUT2D eigenvalue weighted by Gasteiger charge is -2.14. The van der Waals surface area contributed by atoms with E-state index in [1.807, 2.05) is 13.8 Å². The summed E-state index contributed by atoms with van der Waals surface area (Å²) in [6.07, 6.45) is 8.76. The number of nitrogens with zero attached hydrogens (tertiary/aromatic N) is 1. The number of amides is 1. The Kier molecular flexibility index (Phi) is 6.26. The zero-order chi connectivity index (χ0) is 19.4. The van der Waals surface area contributed by atoms with Crippen molar-refractivity contribution in [2.24, 2.45) is 0 Å². The molecule has 1 aliphatic rings. The SMILES string of the molecule is CC[C@H](C)NC(=O)c1ccc2c(=O)n(CCC3=CCCCC3)c(=S)[nH]c2c1. The van der Waals surface area contributed by atoms with E-state index in [-0.39, 0.29) is 17.5 Å². The second-order valence-electron chi connectivity index (χ2n) is 7.29. The smallest absolute Gasteiger partial charge is 0.262 e. The average molecular weight is 386 g/mol. The number of aromatic amines is 1. The molecule has 2 N–H and O–H groups in total. The summed E-state index contributed by atoms with van der Waals surface area (Å²) in [5, 5.41) is 3.50. The molecular formula is C21H27N3O2S. The fourth-order valence-electron chi connectivity index (χ4n) is 3.40. The quantitative estimate of drug-likeness (QED) is 0.569. The van der Waals surface area contributed by atoms with Crippen LogP contribution in [0.4, 0.5) is 0 Å². The van der Waals surface area contributed by atoms with Crippen LogP contribution in [0.2, 0.25) is 0 Å². The van der Waals surface area contributed by atoms with Gasteiger partial charge in [-0.3, -0.25) is 14.2 Å². The van der Waals surface area contributed by atoms with Gasteiger partial charge in [0.05, 0.1) is 10.9 Å². The van der Waals surface area contributed by atoms with Crippen molar-refractivity contribution < 1.29 is 4.79 Å². The molecule has 1 amide bonds. The maximum Gasteiger partial charge on any atom is 0.262 e. The van der Waals surface area contributed by atoms with Crippen LogP contribution in [-0.4, -0.2) is 21.5 Å². The summed E-state index contributed by atoms with van der Waals surface area (Å²) >= 11 is 5.42. The van der Waals surface area contributed by atoms with Gasteiger partial charge in [-0.05, 0) is 75.9 Å². The van der Waals surface area contributed by atoms with Crippen LogP contribution >= 0.6 is 12.2 Å². The highest BCUT2D eigenvalue weighted by molar-refractivity contribution is 7.71. The Hall–Kier alpha value is -2.21. The number of fused-ring (bicyclic) bond motifs is 1. The molecule has 0 fully saturated rings. The fourth-order valence-corrected chi connectivity index (χ4v) is 3.68. The normalized spacial score (nSPS) is 15.4. The zero-order valence-electron chi connectivity index (χ0n) is 16.0. The molecule has 0 saturated carbocycles. The van der Waals surface area contributed by atoms with Crippen molar-refractivity contribution in [3.8, 4) is 0 Å². The zero-order valence-corrected chi connectivity index (χ0v) is 16.8. The molecule has 1 heterocycles. The maximum absolute atomic E-state index is 12.9. The molecular weight excluding hydrogens is 358 g/mol. The molecule has 27 heavy (non-hydrogen) atoms. The number of allylic oxidation sites excluding steroid dienone is 2. The van der Waals surface area contributed by atoms with Gasteiger partial charge in [-0.25, -0.2) is 0 Å². The third kappa shape index (κ3) is 4.56. The highest BCUT2D eigenvalue weighted by atomic mass is 32.1. The van der Waals surface area contributed by atoms with Crippen LogP contribution in [0.5, 0.6) is 0 Å². The number of aromatic nitrogens is 2.